The third kappa shape index (κ3) is 8.71. The molecule has 12 heteroatoms. The molecule has 0 aliphatic carbocycles. The molecule has 3 aromatic carbocycles. The lowest BCUT2D eigenvalue weighted by molar-refractivity contribution is -0.139. The van der Waals surface area contributed by atoms with Crippen LogP contribution in [0.3, 0.4) is 0 Å². The van der Waals surface area contributed by atoms with Gasteiger partial charge in [-0.1, -0.05) is 18.2 Å². The summed E-state index contributed by atoms with van der Waals surface area (Å²) >= 11 is 3.42. The largest absolute Gasteiger partial charge is 0.493 e. The third-order valence-corrected chi connectivity index (χ3v) is 6.80. The van der Waals surface area contributed by atoms with Crippen molar-refractivity contribution in [3.05, 3.63) is 75.3 Å². The third-order valence-electron chi connectivity index (χ3n) is 6.21. The van der Waals surface area contributed by atoms with E-state index < -0.39 is 11.8 Å². The van der Waals surface area contributed by atoms with E-state index >= 15 is 0 Å². The normalized spacial score (nSPS) is 10.6. The quantitative estimate of drug-likeness (QED) is 0.155. The molecule has 0 aliphatic heterocycles. The first kappa shape index (κ1) is 31.9. The molecule has 3 N–H and O–H groups in total. The zero-order valence-electron chi connectivity index (χ0n) is 24.0. The maximum Gasteiger partial charge on any atom is 0.329 e. The number of hydrogen-bond acceptors (Lipinski definition) is 8. The van der Waals surface area contributed by atoms with Crippen molar-refractivity contribution in [3.63, 3.8) is 0 Å². The van der Waals surface area contributed by atoms with Crippen LogP contribution < -0.4 is 35.0 Å². The molecule has 0 fully saturated rings. The molecule has 3 aromatic rings. The second-order valence-corrected chi connectivity index (χ2v) is 9.87. The molecule has 3 rings (SSSR count). The topological polar surface area (TPSA) is 137 Å². The van der Waals surface area contributed by atoms with Crippen LogP contribution in [0.25, 0.3) is 0 Å². The highest BCUT2D eigenvalue weighted by Crippen LogP contribution is 2.36. The number of anilines is 1. The van der Waals surface area contributed by atoms with Gasteiger partial charge >= 0.3 is 11.8 Å². The molecule has 0 spiro atoms. The Bertz CT molecular complexity index is 1480. The van der Waals surface area contributed by atoms with Gasteiger partial charge in [-0.05, 0) is 88.8 Å². The van der Waals surface area contributed by atoms with E-state index in [1.807, 2.05) is 38.1 Å². The predicted octanol–water partition coefficient (Wildman–Crippen LogP) is 3.92. The fraction of sp³-hybridized carbons (Fsp3) is 0.267. The van der Waals surface area contributed by atoms with Crippen LogP contribution >= 0.6 is 15.9 Å². The molecule has 0 heterocycles. The molecule has 0 atom stereocenters. The van der Waals surface area contributed by atoms with Crippen LogP contribution in [0.4, 0.5) is 5.69 Å². The number of nitrogens with one attached hydrogen (secondary N) is 3. The average Bonchev–Trinajstić information content (AvgIpc) is 2.98. The van der Waals surface area contributed by atoms with Crippen molar-refractivity contribution in [1.82, 2.24) is 10.7 Å². The highest BCUT2D eigenvalue weighted by atomic mass is 79.9. The summed E-state index contributed by atoms with van der Waals surface area (Å²) in [6.45, 7) is 3.90. The maximum absolute atomic E-state index is 12.5. The Morgan fingerprint density at radius 3 is 2.36 bits per heavy atom. The Morgan fingerprint density at radius 2 is 1.64 bits per heavy atom. The molecule has 42 heavy (non-hydrogen) atoms. The number of rotatable bonds is 12. The smallest absolute Gasteiger partial charge is 0.329 e. The van der Waals surface area contributed by atoms with Crippen LogP contribution in [-0.2, 0) is 20.8 Å². The number of carbonyl (C=O) groups excluding carboxylic acids is 3. The first-order valence-electron chi connectivity index (χ1n) is 12.8. The summed E-state index contributed by atoms with van der Waals surface area (Å²) in [6.07, 6.45) is 1.83. The van der Waals surface area contributed by atoms with E-state index in [1.54, 1.807) is 38.5 Å². The van der Waals surface area contributed by atoms with Gasteiger partial charge in [0, 0.05) is 12.2 Å². The molecule has 0 aromatic heterocycles. The Labute approximate surface area is 252 Å². The molecule has 3 amide bonds. The van der Waals surface area contributed by atoms with Crippen molar-refractivity contribution >= 4 is 45.6 Å². The molecule has 11 nitrogen and oxygen atoms in total. The molecule has 222 valence electrons. The van der Waals surface area contributed by atoms with E-state index in [1.165, 1.54) is 13.3 Å². The number of hydrazone groups is 1. The lowest BCUT2D eigenvalue weighted by atomic mass is 10.1. The van der Waals surface area contributed by atoms with E-state index in [0.717, 1.165) is 22.4 Å². The van der Waals surface area contributed by atoms with Gasteiger partial charge in [-0.3, -0.25) is 14.4 Å². The number of benzene rings is 3. The monoisotopic (exact) mass is 640 g/mol. The van der Waals surface area contributed by atoms with Crippen molar-refractivity contribution in [2.45, 2.75) is 20.3 Å². The minimum atomic E-state index is -0.917. The number of methoxy groups -OCH3 is 3. The predicted molar refractivity (Wildman–Crippen MR) is 163 cm³/mol. The van der Waals surface area contributed by atoms with Crippen LogP contribution in [0.15, 0.2) is 58.1 Å². The molecule has 0 radical (unpaired) electrons. The standard InChI is InChI=1S/C30H33BrN4O7/c1-18-7-6-8-23(19(18)2)34-27(36)17-42-28-22(31)13-21(15-26(28)41-5)16-33-35-30(38)29(37)32-12-11-20-9-10-24(39-3)25(14-20)40-4/h6-10,13-16H,11-12,17H2,1-5H3,(H,32,37)(H,34,36)(H,35,38)/b33-16-. The zero-order chi connectivity index (χ0) is 30.6. The summed E-state index contributed by atoms with van der Waals surface area (Å²) in [5.41, 5.74) is 6.41. The maximum atomic E-state index is 12.5. The van der Waals surface area contributed by atoms with Gasteiger partial charge in [0.1, 0.15) is 0 Å². The molecule has 0 saturated heterocycles. The Hall–Kier alpha value is -4.58. The van der Waals surface area contributed by atoms with Crippen molar-refractivity contribution in [1.29, 1.82) is 0 Å². The fourth-order valence-electron chi connectivity index (χ4n) is 3.82. The van der Waals surface area contributed by atoms with Crippen LogP contribution in [0.5, 0.6) is 23.0 Å². The van der Waals surface area contributed by atoms with Crippen molar-refractivity contribution in [2.75, 3.05) is 39.8 Å². The molecular formula is C30H33BrN4O7. The van der Waals surface area contributed by atoms with Crippen LogP contribution in [-0.4, -0.2) is 58.4 Å². The molecule has 0 bridgehead atoms. The molecule has 0 unspecified atom stereocenters. The Morgan fingerprint density at radius 1 is 0.905 bits per heavy atom. The first-order chi connectivity index (χ1) is 20.2. The summed E-state index contributed by atoms with van der Waals surface area (Å²) in [7, 11) is 4.55. The summed E-state index contributed by atoms with van der Waals surface area (Å²) in [6, 6.07) is 14.4. The van der Waals surface area contributed by atoms with E-state index in [9.17, 15) is 14.4 Å². The first-order valence-corrected chi connectivity index (χ1v) is 13.6. The average molecular weight is 642 g/mol. The van der Waals surface area contributed by atoms with Crippen molar-refractivity contribution < 1.29 is 33.3 Å². The van der Waals surface area contributed by atoms with Gasteiger partial charge in [0.05, 0.1) is 32.0 Å². The van der Waals surface area contributed by atoms with Gasteiger partial charge in [0.25, 0.3) is 5.91 Å². The highest BCUT2D eigenvalue weighted by Gasteiger charge is 2.15. The number of halogens is 1. The molecule has 0 aliphatic rings. The van der Waals surface area contributed by atoms with E-state index in [-0.39, 0.29) is 19.1 Å². The summed E-state index contributed by atoms with van der Waals surface area (Å²) in [5.74, 6) is -0.226. The second-order valence-electron chi connectivity index (χ2n) is 9.01. The van der Waals surface area contributed by atoms with Crippen molar-refractivity contribution in [3.8, 4) is 23.0 Å². The van der Waals surface area contributed by atoms with Crippen LogP contribution in [0.1, 0.15) is 22.3 Å². The number of nitrogens with zero attached hydrogens (tertiary/aromatic N) is 1. The minimum absolute atomic E-state index is 0.236. The number of ether oxygens (including phenoxy) is 4. The van der Waals surface area contributed by atoms with Gasteiger partial charge in [-0.2, -0.15) is 5.10 Å². The molecule has 0 saturated carbocycles. The highest BCUT2D eigenvalue weighted by molar-refractivity contribution is 9.10. The minimum Gasteiger partial charge on any atom is -0.493 e. The van der Waals surface area contributed by atoms with E-state index in [2.05, 4.69) is 37.1 Å². The fourth-order valence-corrected chi connectivity index (χ4v) is 4.39. The summed E-state index contributed by atoms with van der Waals surface area (Å²) in [4.78, 5) is 36.8. The van der Waals surface area contributed by atoms with E-state index in [0.29, 0.717) is 39.5 Å². The summed E-state index contributed by atoms with van der Waals surface area (Å²) < 4.78 is 22.1. The van der Waals surface area contributed by atoms with Gasteiger partial charge in [0.15, 0.2) is 29.6 Å². The number of carbonyl (C=O) groups is 3. The van der Waals surface area contributed by atoms with E-state index in [4.69, 9.17) is 18.9 Å². The number of amides is 3. The lowest BCUT2D eigenvalue weighted by Crippen LogP contribution is -2.38. The Balaban J connectivity index is 1.51. The lowest BCUT2D eigenvalue weighted by Gasteiger charge is -2.14. The molecular weight excluding hydrogens is 608 g/mol. The van der Waals surface area contributed by atoms with Crippen LogP contribution in [0, 0.1) is 13.8 Å². The second kappa shape index (κ2) is 15.4. The van der Waals surface area contributed by atoms with Crippen LogP contribution in [0.2, 0.25) is 0 Å². The zero-order valence-corrected chi connectivity index (χ0v) is 25.6. The van der Waals surface area contributed by atoms with Gasteiger partial charge in [0.2, 0.25) is 0 Å². The number of hydrogen-bond donors (Lipinski definition) is 3. The number of aryl methyl sites for hydroxylation is 1. The Kier molecular flexibility index (Phi) is 11.7. The van der Waals surface area contributed by atoms with Crippen molar-refractivity contribution in [2.24, 2.45) is 5.10 Å². The van der Waals surface area contributed by atoms with Gasteiger partial charge < -0.3 is 29.6 Å². The van der Waals surface area contributed by atoms with Gasteiger partial charge in [-0.25, -0.2) is 5.43 Å². The van der Waals surface area contributed by atoms with Gasteiger partial charge in [-0.15, -0.1) is 0 Å². The SMILES string of the molecule is COc1ccc(CCNC(=O)C(=O)N/N=C\c2cc(Br)c(OCC(=O)Nc3cccc(C)c3C)c(OC)c2)cc1OC. The summed E-state index contributed by atoms with van der Waals surface area (Å²) in [5, 5.41) is 9.25.